The Morgan fingerprint density at radius 2 is 0.577 bits per heavy atom. The van der Waals surface area contributed by atoms with Crippen LogP contribution in [-0.4, -0.2) is 18.3 Å². The minimum Gasteiger partial charge on any atom is -0.283 e. The normalized spacial score (nSPS) is 14.0. The van der Waals surface area contributed by atoms with Crippen LogP contribution >= 0.6 is 7.82 Å². The molecule has 26 heavy (non-hydrogen) atoms. The smallest absolute Gasteiger partial charge is 0.283 e. The molecule has 0 aliphatic heterocycles. The number of phosphoric ester groups is 1. The summed E-state index contributed by atoms with van der Waals surface area (Å²) in [4.78, 5) is 0. The van der Waals surface area contributed by atoms with Crippen LogP contribution in [0, 0.1) is 35.5 Å². The van der Waals surface area contributed by atoms with Crippen LogP contribution < -0.4 is 0 Å². The van der Waals surface area contributed by atoms with E-state index in [0.29, 0.717) is 0 Å². The van der Waals surface area contributed by atoms with Gasteiger partial charge in [0.2, 0.25) is 0 Å². The minimum absolute atomic E-state index is 0.180. The zero-order chi connectivity index (χ0) is 20.8. The maximum absolute atomic E-state index is 13.8. The highest BCUT2D eigenvalue weighted by Crippen LogP contribution is 2.56. The molecule has 0 N–H and O–H groups in total. The number of phosphoric acid groups is 1. The second kappa shape index (κ2) is 11.2. The molecule has 0 aliphatic carbocycles. The minimum atomic E-state index is -3.71. The van der Waals surface area contributed by atoms with Crippen LogP contribution in [0.5, 0.6) is 0 Å². The highest BCUT2D eigenvalue weighted by atomic mass is 31.2. The van der Waals surface area contributed by atoms with E-state index in [9.17, 15) is 4.57 Å². The Morgan fingerprint density at radius 1 is 0.423 bits per heavy atom. The Hall–Kier alpha value is 0.110. The van der Waals surface area contributed by atoms with Crippen LogP contribution in [0.25, 0.3) is 0 Å². The van der Waals surface area contributed by atoms with Crippen molar-refractivity contribution in [1.29, 1.82) is 0 Å². The van der Waals surface area contributed by atoms with Crippen LogP contribution in [0.2, 0.25) is 0 Å². The summed E-state index contributed by atoms with van der Waals surface area (Å²) in [6.07, 6.45) is -0.539. The Labute approximate surface area is 163 Å². The van der Waals surface area contributed by atoms with Crippen molar-refractivity contribution in [3.8, 4) is 0 Å². The summed E-state index contributed by atoms with van der Waals surface area (Å²) in [5.74, 6) is 1.35. The van der Waals surface area contributed by atoms with Crippen LogP contribution in [0.15, 0.2) is 0 Å². The average Bonchev–Trinajstić information content (AvgIpc) is 2.46. The van der Waals surface area contributed by atoms with Crippen LogP contribution in [0.4, 0.5) is 0 Å². The van der Waals surface area contributed by atoms with E-state index < -0.39 is 7.82 Å². The lowest BCUT2D eigenvalue weighted by molar-refractivity contribution is -0.0304. The van der Waals surface area contributed by atoms with Gasteiger partial charge >= 0.3 is 7.82 Å². The fourth-order valence-electron chi connectivity index (χ4n) is 3.56. The molecule has 0 aromatic rings. The molecule has 0 amide bonds. The molecule has 4 nitrogen and oxygen atoms in total. The molecule has 5 heteroatoms. The van der Waals surface area contributed by atoms with Gasteiger partial charge in [0.05, 0.1) is 18.3 Å². The van der Waals surface area contributed by atoms with E-state index in [1.807, 2.05) is 0 Å². The molecule has 158 valence electrons. The molecule has 0 bridgehead atoms. The van der Waals surface area contributed by atoms with Crippen LogP contribution in [0.1, 0.15) is 83.1 Å². The van der Waals surface area contributed by atoms with Gasteiger partial charge < -0.3 is 0 Å². The Kier molecular flexibility index (Phi) is 11.2. The summed E-state index contributed by atoms with van der Waals surface area (Å²) in [6.45, 7) is 25.0. The van der Waals surface area contributed by atoms with E-state index in [0.717, 1.165) is 0 Å². The molecule has 0 rings (SSSR count). The summed E-state index contributed by atoms with van der Waals surface area (Å²) < 4.78 is 32.2. The van der Waals surface area contributed by atoms with E-state index >= 15 is 0 Å². The predicted molar refractivity (Wildman–Crippen MR) is 111 cm³/mol. The highest BCUT2D eigenvalue weighted by molar-refractivity contribution is 7.48. The van der Waals surface area contributed by atoms with Gasteiger partial charge in [0.25, 0.3) is 0 Å². The second-order valence-corrected chi connectivity index (χ2v) is 11.1. The molecular weight excluding hydrogens is 347 g/mol. The number of rotatable bonds is 12. The maximum atomic E-state index is 13.8. The zero-order valence-electron chi connectivity index (χ0n) is 19.3. The molecule has 0 saturated carbocycles. The van der Waals surface area contributed by atoms with E-state index in [-0.39, 0.29) is 53.8 Å². The largest absolute Gasteiger partial charge is 0.475 e. The van der Waals surface area contributed by atoms with Crippen molar-refractivity contribution in [1.82, 2.24) is 0 Å². The first-order chi connectivity index (χ1) is 11.7. The maximum Gasteiger partial charge on any atom is 0.475 e. The van der Waals surface area contributed by atoms with Crippen LogP contribution in [-0.2, 0) is 18.1 Å². The summed E-state index contributed by atoms with van der Waals surface area (Å²) in [6, 6.07) is 0. The van der Waals surface area contributed by atoms with E-state index in [4.69, 9.17) is 13.6 Å². The first-order valence-corrected chi connectivity index (χ1v) is 11.8. The molecular formula is C21H45O4P. The highest BCUT2D eigenvalue weighted by Gasteiger charge is 2.41. The van der Waals surface area contributed by atoms with E-state index in [1.165, 1.54) is 0 Å². The van der Waals surface area contributed by atoms with Gasteiger partial charge in [-0.2, -0.15) is 0 Å². The van der Waals surface area contributed by atoms with Gasteiger partial charge in [-0.3, -0.25) is 13.6 Å². The van der Waals surface area contributed by atoms with Gasteiger partial charge in [-0.05, 0) is 35.5 Å². The molecule has 0 aromatic heterocycles. The Bertz CT molecular complexity index is 344. The van der Waals surface area contributed by atoms with Crippen molar-refractivity contribution in [2.75, 3.05) is 0 Å². The quantitative estimate of drug-likeness (QED) is 0.330. The summed E-state index contributed by atoms with van der Waals surface area (Å²) in [5.41, 5.74) is 0. The molecule has 0 radical (unpaired) electrons. The molecule has 0 aliphatic rings. The third-order valence-corrected chi connectivity index (χ3v) is 6.20. The van der Waals surface area contributed by atoms with Gasteiger partial charge in [0.1, 0.15) is 0 Å². The SMILES string of the molecule is CC(C)C(OP(=O)(OC(C(C)C)C(C)C)OC(C(C)C)C(C)C)C(C)C. The summed E-state index contributed by atoms with van der Waals surface area (Å²) >= 11 is 0. The van der Waals surface area contributed by atoms with Crippen LogP contribution in [0.3, 0.4) is 0 Å². The van der Waals surface area contributed by atoms with Crippen molar-refractivity contribution < 1.29 is 18.1 Å². The fourth-order valence-corrected chi connectivity index (χ4v) is 6.07. The van der Waals surface area contributed by atoms with Gasteiger partial charge in [-0.1, -0.05) is 83.1 Å². The molecule has 0 spiro atoms. The van der Waals surface area contributed by atoms with Gasteiger partial charge in [0.15, 0.2) is 0 Å². The molecule has 0 saturated heterocycles. The second-order valence-electron chi connectivity index (χ2n) is 9.62. The number of hydrogen-bond acceptors (Lipinski definition) is 4. The molecule has 0 heterocycles. The first-order valence-electron chi connectivity index (χ1n) is 10.4. The zero-order valence-corrected chi connectivity index (χ0v) is 20.2. The van der Waals surface area contributed by atoms with Crippen molar-refractivity contribution in [2.45, 2.75) is 101 Å². The predicted octanol–water partition coefficient (Wildman–Crippen LogP) is 7.19. The Balaban J connectivity index is 5.79. The average molecular weight is 393 g/mol. The molecule has 0 aromatic carbocycles. The van der Waals surface area contributed by atoms with Crippen molar-refractivity contribution in [3.05, 3.63) is 0 Å². The fraction of sp³-hybridized carbons (Fsp3) is 1.00. The first kappa shape index (κ1) is 26.1. The topological polar surface area (TPSA) is 44.8 Å². The van der Waals surface area contributed by atoms with Crippen molar-refractivity contribution in [2.24, 2.45) is 35.5 Å². The van der Waals surface area contributed by atoms with Gasteiger partial charge in [-0.25, -0.2) is 4.57 Å². The van der Waals surface area contributed by atoms with Gasteiger partial charge in [-0.15, -0.1) is 0 Å². The third kappa shape index (κ3) is 8.42. The van der Waals surface area contributed by atoms with E-state index in [2.05, 4.69) is 83.1 Å². The monoisotopic (exact) mass is 392 g/mol. The Morgan fingerprint density at radius 3 is 0.692 bits per heavy atom. The molecule has 0 fully saturated rings. The van der Waals surface area contributed by atoms with E-state index in [1.54, 1.807) is 0 Å². The third-order valence-electron chi connectivity index (χ3n) is 4.69. The lowest BCUT2D eigenvalue weighted by Gasteiger charge is -2.36. The summed E-state index contributed by atoms with van der Waals surface area (Å²) in [7, 11) is -3.71. The lowest BCUT2D eigenvalue weighted by atomic mass is 9.97. The summed E-state index contributed by atoms with van der Waals surface area (Å²) in [5, 5.41) is 0. The number of hydrogen-bond donors (Lipinski definition) is 0. The van der Waals surface area contributed by atoms with Crippen molar-refractivity contribution in [3.63, 3.8) is 0 Å². The molecule has 0 unspecified atom stereocenters. The van der Waals surface area contributed by atoms with Crippen molar-refractivity contribution >= 4 is 7.82 Å². The molecule has 0 atom stereocenters. The van der Waals surface area contributed by atoms with Gasteiger partial charge in [0, 0.05) is 0 Å². The standard InChI is InChI=1S/C21H45O4P/c1-13(2)19(14(3)4)23-26(22,24-20(15(5)6)16(7)8)25-21(17(9)10)18(11)12/h13-21H,1-12H3. The lowest BCUT2D eigenvalue weighted by Crippen LogP contribution is -2.33.